The molecule has 2 heteroatoms. The number of unbranched alkanes of at least 4 members (excludes halogenated alkanes) is 1. The van der Waals surface area contributed by atoms with Gasteiger partial charge in [0.2, 0.25) is 0 Å². The quantitative estimate of drug-likeness (QED) is 0.372. The van der Waals surface area contributed by atoms with E-state index in [-0.39, 0.29) is 0 Å². The highest BCUT2D eigenvalue weighted by Crippen LogP contribution is 2.07. The van der Waals surface area contributed by atoms with Crippen LogP contribution in [-0.2, 0) is 0 Å². The summed E-state index contributed by atoms with van der Waals surface area (Å²) in [6, 6.07) is 0. The third kappa shape index (κ3) is 6.39. The second kappa shape index (κ2) is 6.63. The van der Waals surface area contributed by atoms with Crippen molar-refractivity contribution >= 4 is 27.5 Å². The Bertz CT molecular complexity index is 81.0. The van der Waals surface area contributed by atoms with Gasteiger partial charge in [-0.2, -0.15) is 0 Å². The number of alkyl halides is 2. The Balaban J connectivity index is 2.97. The Morgan fingerprint density at radius 3 is 2.56 bits per heavy atom. The van der Waals surface area contributed by atoms with E-state index in [4.69, 9.17) is 11.6 Å². The molecule has 0 radical (unpaired) electrons. The number of hydrogen-bond acceptors (Lipinski definition) is 0. The molecule has 0 N–H and O–H groups in total. The van der Waals surface area contributed by atoms with Gasteiger partial charge in [0.25, 0.3) is 0 Å². The van der Waals surface area contributed by atoms with Gasteiger partial charge in [0.1, 0.15) is 0 Å². The van der Waals surface area contributed by atoms with Gasteiger partial charge in [0, 0.05) is 11.2 Å². The Labute approximate surface area is 70.4 Å². The summed E-state index contributed by atoms with van der Waals surface area (Å²) < 4.78 is 0. The van der Waals surface area contributed by atoms with E-state index in [9.17, 15) is 0 Å². The predicted molar refractivity (Wildman–Crippen MR) is 47.5 cm³/mol. The standard InChI is InChI=1S/C7H12BrCl/c1-7(6-9)4-2-3-5-8/h1-6H2. The summed E-state index contributed by atoms with van der Waals surface area (Å²) in [5.41, 5.74) is 1.15. The van der Waals surface area contributed by atoms with E-state index in [1.165, 1.54) is 12.8 Å². The van der Waals surface area contributed by atoms with Crippen LogP contribution < -0.4 is 0 Å². The van der Waals surface area contributed by atoms with Crippen LogP contribution in [0.15, 0.2) is 12.2 Å². The van der Waals surface area contributed by atoms with E-state index in [0.717, 1.165) is 17.3 Å². The van der Waals surface area contributed by atoms with E-state index in [1.807, 2.05) is 0 Å². The number of halogens is 2. The summed E-state index contributed by atoms with van der Waals surface area (Å²) in [4.78, 5) is 0. The lowest BCUT2D eigenvalue weighted by molar-refractivity contribution is 0.801. The van der Waals surface area contributed by atoms with E-state index in [2.05, 4.69) is 22.5 Å². The molecule has 0 saturated heterocycles. The SMILES string of the molecule is C=C(CCl)CCCCBr. The summed E-state index contributed by atoms with van der Waals surface area (Å²) >= 11 is 8.88. The van der Waals surface area contributed by atoms with Gasteiger partial charge in [-0.3, -0.25) is 0 Å². The molecule has 0 amide bonds. The van der Waals surface area contributed by atoms with Crippen molar-refractivity contribution in [2.75, 3.05) is 11.2 Å². The van der Waals surface area contributed by atoms with Crippen molar-refractivity contribution in [2.45, 2.75) is 19.3 Å². The van der Waals surface area contributed by atoms with Crippen LogP contribution in [0.2, 0.25) is 0 Å². The van der Waals surface area contributed by atoms with Crippen LogP contribution in [0.1, 0.15) is 19.3 Å². The van der Waals surface area contributed by atoms with E-state index >= 15 is 0 Å². The second-order valence-corrected chi connectivity index (χ2v) is 3.09. The first-order valence-corrected chi connectivity index (χ1v) is 4.75. The van der Waals surface area contributed by atoms with Gasteiger partial charge in [-0.05, 0) is 19.3 Å². The summed E-state index contributed by atoms with van der Waals surface area (Å²) in [6.07, 6.45) is 3.50. The average Bonchev–Trinajstić information content (AvgIpc) is 1.89. The number of hydrogen-bond donors (Lipinski definition) is 0. The minimum Gasteiger partial charge on any atom is -0.122 e. The van der Waals surface area contributed by atoms with Crippen molar-refractivity contribution in [1.82, 2.24) is 0 Å². The summed E-state index contributed by atoms with van der Waals surface area (Å²) in [5.74, 6) is 0.613. The summed E-state index contributed by atoms with van der Waals surface area (Å²) in [7, 11) is 0. The highest BCUT2D eigenvalue weighted by atomic mass is 79.9. The van der Waals surface area contributed by atoms with Crippen LogP contribution in [0, 0.1) is 0 Å². The minimum absolute atomic E-state index is 0.613. The Morgan fingerprint density at radius 1 is 1.44 bits per heavy atom. The molecule has 0 aromatic carbocycles. The van der Waals surface area contributed by atoms with E-state index < -0.39 is 0 Å². The molecule has 0 bridgehead atoms. The molecule has 0 aromatic heterocycles. The molecule has 0 fully saturated rings. The molecule has 0 spiro atoms. The highest BCUT2D eigenvalue weighted by molar-refractivity contribution is 9.09. The van der Waals surface area contributed by atoms with Gasteiger partial charge in [-0.15, -0.1) is 11.6 Å². The fourth-order valence-electron chi connectivity index (χ4n) is 0.536. The molecule has 0 rings (SSSR count). The zero-order chi connectivity index (χ0) is 7.11. The van der Waals surface area contributed by atoms with Crippen molar-refractivity contribution in [2.24, 2.45) is 0 Å². The van der Waals surface area contributed by atoms with Crippen molar-refractivity contribution in [1.29, 1.82) is 0 Å². The van der Waals surface area contributed by atoms with Crippen LogP contribution in [-0.4, -0.2) is 11.2 Å². The molecule has 0 unspecified atom stereocenters. The molecule has 0 aromatic rings. The topological polar surface area (TPSA) is 0 Å². The third-order valence-corrected chi connectivity index (χ3v) is 2.04. The lowest BCUT2D eigenvalue weighted by Gasteiger charge is -1.97. The van der Waals surface area contributed by atoms with Crippen molar-refractivity contribution in [3.8, 4) is 0 Å². The van der Waals surface area contributed by atoms with Crippen molar-refractivity contribution in [3.63, 3.8) is 0 Å². The molecule has 0 aliphatic heterocycles. The number of allylic oxidation sites excluding steroid dienone is 1. The highest BCUT2D eigenvalue weighted by Gasteiger charge is 1.90. The van der Waals surface area contributed by atoms with Crippen LogP contribution in [0.25, 0.3) is 0 Å². The zero-order valence-corrected chi connectivity index (χ0v) is 7.84. The molecule has 0 aliphatic rings. The molecule has 0 aliphatic carbocycles. The Morgan fingerprint density at radius 2 is 2.11 bits per heavy atom. The fourth-order valence-corrected chi connectivity index (χ4v) is 1.07. The molecular formula is C7H12BrCl. The van der Waals surface area contributed by atoms with Gasteiger partial charge in [0.15, 0.2) is 0 Å². The first-order chi connectivity index (χ1) is 4.31. The van der Waals surface area contributed by atoms with Crippen LogP contribution in [0.4, 0.5) is 0 Å². The van der Waals surface area contributed by atoms with Crippen LogP contribution in [0.3, 0.4) is 0 Å². The molecule has 0 heterocycles. The Hall–Kier alpha value is 0.510. The largest absolute Gasteiger partial charge is 0.122 e. The first kappa shape index (κ1) is 9.51. The van der Waals surface area contributed by atoms with Crippen LogP contribution in [0.5, 0.6) is 0 Å². The average molecular weight is 212 g/mol. The van der Waals surface area contributed by atoms with Gasteiger partial charge in [-0.1, -0.05) is 28.1 Å². The summed E-state index contributed by atoms with van der Waals surface area (Å²) in [6.45, 7) is 3.80. The third-order valence-electron chi connectivity index (χ3n) is 1.10. The van der Waals surface area contributed by atoms with Gasteiger partial charge in [-0.25, -0.2) is 0 Å². The molecular weight excluding hydrogens is 199 g/mol. The molecule has 54 valence electrons. The first-order valence-electron chi connectivity index (χ1n) is 3.10. The molecule has 0 saturated carbocycles. The number of rotatable bonds is 5. The maximum atomic E-state index is 5.52. The lowest BCUT2D eigenvalue weighted by Crippen LogP contribution is -1.83. The molecule has 0 atom stereocenters. The monoisotopic (exact) mass is 210 g/mol. The molecule has 9 heavy (non-hydrogen) atoms. The Kier molecular flexibility index (Phi) is 7.00. The van der Waals surface area contributed by atoms with E-state index in [0.29, 0.717) is 5.88 Å². The smallest absolute Gasteiger partial charge is 0.0430 e. The van der Waals surface area contributed by atoms with Gasteiger partial charge < -0.3 is 0 Å². The summed E-state index contributed by atoms with van der Waals surface area (Å²) in [5, 5.41) is 1.09. The zero-order valence-electron chi connectivity index (χ0n) is 5.50. The van der Waals surface area contributed by atoms with Crippen molar-refractivity contribution in [3.05, 3.63) is 12.2 Å². The minimum atomic E-state index is 0.613. The van der Waals surface area contributed by atoms with E-state index in [1.54, 1.807) is 0 Å². The normalized spacial score (nSPS) is 9.56. The van der Waals surface area contributed by atoms with Crippen LogP contribution >= 0.6 is 27.5 Å². The lowest BCUT2D eigenvalue weighted by atomic mass is 10.1. The molecule has 0 nitrogen and oxygen atoms in total. The fraction of sp³-hybridized carbons (Fsp3) is 0.714. The predicted octanol–water partition coefficient (Wildman–Crippen LogP) is 3.35. The van der Waals surface area contributed by atoms with Gasteiger partial charge in [0.05, 0.1) is 0 Å². The van der Waals surface area contributed by atoms with Gasteiger partial charge >= 0.3 is 0 Å². The maximum absolute atomic E-state index is 5.52. The second-order valence-electron chi connectivity index (χ2n) is 2.03. The maximum Gasteiger partial charge on any atom is 0.0430 e. The van der Waals surface area contributed by atoms with Crippen molar-refractivity contribution < 1.29 is 0 Å².